The molecule has 0 aliphatic carbocycles. The van der Waals surface area contributed by atoms with Gasteiger partial charge in [0.1, 0.15) is 10.8 Å². The molecule has 0 unspecified atom stereocenters. The van der Waals surface area contributed by atoms with Gasteiger partial charge in [0.05, 0.1) is 5.75 Å². The lowest BCUT2D eigenvalue weighted by Crippen LogP contribution is -2.47. The maximum atomic E-state index is 12.3. The zero-order valence-electron chi connectivity index (χ0n) is 11.8. The zero-order chi connectivity index (χ0) is 15.5. The van der Waals surface area contributed by atoms with Gasteiger partial charge in [0, 0.05) is 19.1 Å². The van der Waals surface area contributed by atoms with Crippen molar-refractivity contribution >= 4 is 27.5 Å². The third kappa shape index (κ3) is 4.39. The SMILES string of the molecule is CCS(=O)(=O)NC1CCN(C(=O)c2cccc(Cl)n2)CC1. The maximum Gasteiger partial charge on any atom is 0.272 e. The van der Waals surface area contributed by atoms with Gasteiger partial charge in [-0.05, 0) is 31.9 Å². The average molecular weight is 332 g/mol. The number of pyridine rings is 1. The molecular weight excluding hydrogens is 314 g/mol. The molecule has 1 fully saturated rings. The molecule has 0 spiro atoms. The lowest BCUT2D eigenvalue weighted by Gasteiger charge is -2.32. The van der Waals surface area contributed by atoms with Gasteiger partial charge in [-0.2, -0.15) is 0 Å². The first-order valence-corrected chi connectivity index (χ1v) is 8.86. The second kappa shape index (κ2) is 6.72. The van der Waals surface area contributed by atoms with Gasteiger partial charge in [0.2, 0.25) is 10.0 Å². The van der Waals surface area contributed by atoms with Gasteiger partial charge >= 0.3 is 0 Å². The summed E-state index contributed by atoms with van der Waals surface area (Å²) in [5.74, 6) is -0.104. The van der Waals surface area contributed by atoms with Crippen LogP contribution in [0.3, 0.4) is 0 Å². The van der Waals surface area contributed by atoms with E-state index in [0.29, 0.717) is 31.6 Å². The monoisotopic (exact) mass is 331 g/mol. The number of halogens is 1. The average Bonchev–Trinajstić information content (AvgIpc) is 2.47. The van der Waals surface area contributed by atoms with Crippen molar-refractivity contribution in [3.05, 3.63) is 29.0 Å². The molecule has 1 aliphatic rings. The highest BCUT2D eigenvalue weighted by Crippen LogP contribution is 2.15. The van der Waals surface area contributed by atoms with Crippen LogP contribution in [-0.2, 0) is 10.0 Å². The van der Waals surface area contributed by atoms with Crippen molar-refractivity contribution in [1.82, 2.24) is 14.6 Å². The minimum absolute atomic E-state index is 0.0680. The number of piperidine rings is 1. The van der Waals surface area contributed by atoms with Crippen LogP contribution < -0.4 is 4.72 Å². The Hall–Kier alpha value is -1.18. The molecule has 1 saturated heterocycles. The van der Waals surface area contributed by atoms with Crippen LogP contribution in [0.4, 0.5) is 0 Å². The first kappa shape index (κ1) is 16.2. The highest BCUT2D eigenvalue weighted by molar-refractivity contribution is 7.89. The lowest BCUT2D eigenvalue weighted by molar-refractivity contribution is 0.0705. The Morgan fingerprint density at radius 3 is 2.67 bits per heavy atom. The largest absolute Gasteiger partial charge is 0.337 e. The molecule has 0 saturated carbocycles. The van der Waals surface area contributed by atoms with Gasteiger partial charge in [-0.25, -0.2) is 18.1 Å². The van der Waals surface area contributed by atoms with E-state index in [1.54, 1.807) is 30.0 Å². The van der Waals surface area contributed by atoms with Crippen molar-refractivity contribution in [2.45, 2.75) is 25.8 Å². The van der Waals surface area contributed by atoms with Crippen LogP contribution in [0.2, 0.25) is 5.15 Å². The van der Waals surface area contributed by atoms with Crippen molar-refractivity contribution in [3.63, 3.8) is 0 Å². The third-order valence-corrected chi connectivity index (χ3v) is 5.11. The molecule has 1 aliphatic heterocycles. The second-order valence-electron chi connectivity index (χ2n) is 4.93. The van der Waals surface area contributed by atoms with E-state index >= 15 is 0 Å². The normalized spacial score (nSPS) is 17.0. The van der Waals surface area contributed by atoms with Crippen LogP contribution in [-0.4, -0.2) is 49.1 Å². The molecule has 2 rings (SSSR count). The fourth-order valence-corrected chi connectivity index (χ4v) is 3.30. The molecular formula is C13H18ClN3O3S. The number of likely N-dealkylation sites (tertiary alicyclic amines) is 1. The highest BCUT2D eigenvalue weighted by atomic mass is 35.5. The van der Waals surface area contributed by atoms with Gasteiger partial charge in [0.25, 0.3) is 5.91 Å². The van der Waals surface area contributed by atoms with E-state index in [1.165, 1.54) is 0 Å². The minimum atomic E-state index is -3.20. The number of nitrogens with zero attached hydrogens (tertiary/aromatic N) is 2. The van der Waals surface area contributed by atoms with Crippen LogP contribution in [0, 0.1) is 0 Å². The number of carbonyl (C=O) groups is 1. The Labute approximate surface area is 129 Å². The van der Waals surface area contributed by atoms with Crippen LogP contribution in [0.25, 0.3) is 0 Å². The van der Waals surface area contributed by atoms with E-state index in [0.717, 1.165) is 0 Å². The quantitative estimate of drug-likeness (QED) is 0.843. The molecule has 2 heterocycles. The predicted octanol–water partition coefficient (Wildman–Crippen LogP) is 1.28. The summed E-state index contributed by atoms with van der Waals surface area (Å²) in [6.45, 7) is 2.61. The van der Waals surface area contributed by atoms with Gasteiger partial charge in [0.15, 0.2) is 0 Å². The van der Waals surface area contributed by atoms with Crippen LogP contribution >= 0.6 is 11.6 Å². The molecule has 0 bridgehead atoms. The fraction of sp³-hybridized carbons (Fsp3) is 0.538. The van der Waals surface area contributed by atoms with Gasteiger partial charge in [-0.1, -0.05) is 17.7 Å². The van der Waals surface area contributed by atoms with Crippen LogP contribution in [0.15, 0.2) is 18.2 Å². The van der Waals surface area contributed by atoms with E-state index in [2.05, 4.69) is 9.71 Å². The summed E-state index contributed by atoms with van der Waals surface area (Å²) >= 11 is 5.78. The van der Waals surface area contributed by atoms with Crippen molar-refractivity contribution in [2.24, 2.45) is 0 Å². The van der Waals surface area contributed by atoms with Gasteiger partial charge in [-0.3, -0.25) is 4.79 Å². The molecule has 0 radical (unpaired) electrons. The third-order valence-electron chi connectivity index (χ3n) is 3.44. The minimum Gasteiger partial charge on any atom is -0.337 e. The number of hydrogen-bond acceptors (Lipinski definition) is 4. The molecule has 1 amide bonds. The number of nitrogens with one attached hydrogen (secondary N) is 1. The van der Waals surface area contributed by atoms with Gasteiger partial charge < -0.3 is 4.90 Å². The van der Waals surface area contributed by atoms with Crippen molar-refractivity contribution in [2.75, 3.05) is 18.8 Å². The maximum absolute atomic E-state index is 12.3. The molecule has 0 aromatic carbocycles. The Kier molecular flexibility index (Phi) is 5.18. The van der Waals surface area contributed by atoms with E-state index in [-0.39, 0.29) is 22.9 Å². The van der Waals surface area contributed by atoms with Crippen molar-refractivity contribution in [1.29, 1.82) is 0 Å². The van der Waals surface area contributed by atoms with E-state index in [9.17, 15) is 13.2 Å². The lowest BCUT2D eigenvalue weighted by atomic mass is 10.1. The first-order valence-electron chi connectivity index (χ1n) is 6.83. The summed E-state index contributed by atoms with van der Waals surface area (Å²) in [4.78, 5) is 17.9. The van der Waals surface area contributed by atoms with E-state index < -0.39 is 10.0 Å². The number of amides is 1. The molecule has 1 N–H and O–H groups in total. The Morgan fingerprint density at radius 2 is 2.10 bits per heavy atom. The molecule has 1 aromatic heterocycles. The smallest absolute Gasteiger partial charge is 0.272 e. The summed E-state index contributed by atoms with van der Waals surface area (Å²) in [5, 5.41) is 0.284. The summed E-state index contributed by atoms with van der Waals surface area (Å²) in [5.41, 5.74) is 0.315. The van der Waals surface area contributed by atoms with Crippen LogP contribution in [0.1, 0.15) is 30.3 Å². The Bertz CT molecular complexity index is 613. The standard InChI is InChI=1S/C13H18ClN3O3S/c1-2-21(19,20)16-10-6-8-17(9-7-10)13(18)11-4-3-5-12(14)15-11/h3-5,10,16H,2,6-9H2,1H3. The number of rotatable bonds is 4. The molecule has 21 heavy (non-hydrogen) atoms. The second-order valence-corrected chi connectivity index (χ2v) is 7.36. The number of carbonyl (C=O) groups excluding carboxylic acids is 1. The Balaban J connectivity index is 1.93. The predicted molar refractivity (Wildman–Crippen MR) is 80.8 cm³/mol. The van der Waals surface area contributed by atoms with E-state index in [4.69, 9.17) is 11.6 Å². The summed E-state index contributed by atoms with van der Waals surface area (Å²) in [6, 6.07) is 4.82. The zero-order valence-corrected chi connectivity index (χ0v) is 13.3. The summed E-state index contributed by atoms with van der Waals surface area (Å²) in [6.07, 6.45) is 1.21. The molecule has 0 atom stereocenters. The topological polar surface area (TPSA) is 79.4 Å². The molecule has 116 valence electrons. The fourth-order valence-electron chi connectivity index (χ4n) is 2.23. The van der Waals surface area contributed by atoms with E-state index in [1.807, 2.05) is 0 Å². The van der Waals surface area contributed by atoms with Crippen molar-refractivity contribution in [3.8, 4) is 0 Å². The van der Waals surface area contributed by atoms with Crippen molar-refractivity contribution < 1.29 is 13.2 Å². The molecule has 6 nitrogen and oxygen atoms in total. The summed E-state index contributed by atoms with van der Waals surface area (Å²) in [7, 11) is -3.20. The number of aromatic nitrogens is 1. The number of hydrogen-bond donors (Lipinski definition) is 1. The van der Waals surface area contributed by atoms with Crippen LogP contribution in [0.5, 0.6) is 0 Å². The van der Waals surface area contributed by atoms with Gasteiger partial charge in [-0.15, -0.1) is 0 Å². The Morgan fingerprint density at radius 1 is 1.43 bits per heavy atom. The number of sulfonamides is 1. The molecule has 8 heteroatoms. The summed E-state index contributed by atoms with van der Waals surface area (Å²) < 4.78 is 25.7. The first-order chi connectivity index (χ1) is 9.91. The highest BCUT2D eigenvalue weighted by Gasteiger charge is 2.26. The molecule has 1 aromatic rings.